The van der Waals surface area contributed by atoms with Gasteiger partial charge in [-0.05, 0) is 49.3 Å². The van der Waals surface area contributed by atoms with Gasteiger partial charge in [0.05, 0.1) is 13.1 Å². The molecule has 4 N–H and O–H groups in total. The van der Waals surface area contributed by atoms with E-state index in [4.69, 9.17) is 10.5 Å². The highest BCUT2D eigenvalue weighted by atomic mass is 19.1. The molecule has 2 aliphatic heterocycles. The summed E-state index contributed by atoms with van der Waals surface area (Å²) in [4.78, 5) is 56.8. The maximum absolute atomic E-state index is 14.2. The zero-order valence-electron chi connectivity index (χ0n) is 25.4. The van der Waals surface area contributed by atoms with Crippen molar-refractivity contribution in [3.63, 3.8) is 0 Å². The predicted molar refractivity (Wildman–Crippen MR) is 159 cm³/mol. The quantitative estimate of drug-likeness (QED) is 0.405. The second kappa shape index (κ2) is 13.0. The third kappa shape index (κ3) is 7.61. The van der Waals surface area contributed by atoms with Crippen molar-refractivity contribution >= 4 is 29.5 Å². The van der Waals surface area contributed by atoms with E-state index in [0.29, 0.717) is 35.5 Å². The monoisotopic (exact) mass is 596 g/mol. The molecule has 0 radical (unpaired) electrons. The number of nitrogens with one attached hydrogen (secondary N) is 2. The van der Waals surface area contributed by atoms with Crippen LogP contribution in [-0.4, -0.2) is 90.4 Å². The zero-order chi connectivity index (χ0) is 31.5. The zero-order valence-corrected chi connectivity index (χ0v) is 25.4. The number of halogens is 1. The van der Waals surface area contributed by atoms with E-state index in [1.807, 2.05) is 39.8 Å². The molecule has 0 bridgehead atoms. The van der Waals surface area contributed by atoms with Crippen molar-refractivity contribution in [2.45, 2.75) is 58.5 Å². The molecule has 1 fully saturated rings. The van der Waals surface area contributed by atoms with Crippen LogP contribution in [0.1, 0.15) is 48.7 Å². The molecule has 43 heavy (non-hydrogen) atoms. The van der Waals surface area contributed by atoms with E-state index in [-0.39, 0.29) is 43.7 Å². The van der Waals surface area contributed by atoms with Crippen LogP contribution in [0.15, 0.2) is 42.5 Å². The van der Waals surface area contributed by atoms with E-state index in [2.05, 4.69) is 10.6 Å². The number of hydrogen-bond acceptors (Lipinski definition) is 7. The Hall–Kier alpha value is -4.19. The number of hydrogen-bond donors (Lipinski definition) is 3. The molecule has 3 unspecified atom stereocenters. The number of benzene rings is 2. The van der Waals surface area contributed by atoms with Gasteiger partial charge in [-0.25, -0.2) is 9.18 Å². The summed E-state index contributed by atoms with van der Waals surface area (Å²) in [6.07, 6.45) is -1.36. The number of rotatable bonds is 9. The minimum atomic E-state index is -0.973. The summed E-state index contributed by atoms with van der Waals surface area (Å²) in [5.41, 5.74) is 7.25. The lowest BCUT2D eigenvalue weighted by atomic mass is 9.85. The number of likely N-dealkylation sites (N-methyl/N-ethyl adjacent to an activating group) is 1. The Kier molecular flexibility index (Phi) is 9.59. The average Bonchev–Trinajstić information content (AvgIpc) is 3.56. The Balaban J connectivity index is 1.45. The fourth-order valence-corrected chi connectivity index (χ4v) is 5.35. The largest absolute Gasteiger partial charge is 0.444 e. The molecule has 4 amide bonds. The topological polar surface area (TPSA) is 137 Å². The summed E-state index contributed by atoms with van der Waals surface area (Å²) in [5, 5.41) is 6.13. The minimum absolute atomic E-state index is 0.0179. The molecule has 2 aromatic rings. The van der Waals surface area contributed by atoms with Gasteiger partial charge in [-0.3, -0.25) is 19.3 Å². The molecule has 0 aliphatic carbocycles. The second-order valence-corrected chi connectivity index (χ2v) is 12.5. The normalized spacial score (nSPS) is 18.8. The van der Waals surface area contributed by atoms with E-state index in [9.17, 15) is 23.6 Å². The minimum Gasteiger partial charge on any atom is -0.444 e. The fraction of sp³-hybridized carbons (Fsp3) is 0.484. The van der Waals surface area contributed by atoms with Crippen LogP contribution in [0.4, 0.5) is 14.9 Å². The van der Waals surface area contributed by atoms with Gasteiger partial charge in [0.1, 0.15) is 24.0 Å². The number of carbonyl (C=O) groups excluding carboxylic acids is 4. The standard InChI is InChI=1S/C31H41FN6O5/c1-31(2,3)26(35-21-10-6-8-19(14-21)28(40)34-12-13-36(4)5)29(41)38-17-22(15-25(38)27(33)39)43-30(42)37-16-20-9-7-11-24(32)23(20)18-37/h6-11,14,22,25-26,35H,12-13,15-18H2,1-5H3,(H2,33,39)(H,34,40). The highest BCUT2D eigenvalue weighted by Crippen LogP contribution is 2.31. The maximum Gasteiger partial charge on any atom is 0.410 e. The number of amides is 4. The first-order valence-electron chi connectivity index (χ1n) is 14.4. The van der Waals surface area contributed by atoms with Gasteiger partial charge in [0.15, 0.2) is 0 Å². The van der Waals surface area contributed by atoms with E-state index in [1.165, 1.54) is 15.9 Å². The van der Waals surface area contributed by atoms with Gasteiger partial charge >= 0.3 is 6.09 Å². The number of nitrogens with two attached hydrogens (primary N) is 1. The Labute approximate surface area is 251 Å². The van der Waals surface area contributed by atoms with E-state index < -0.39 is 35.6 Å². The molecule has 2 aliphatic rings. The first-order chi connectivity index (χ1) is 20.2. The van der Waals surface area contributed by atoms with Crippen LogP contribution in [0, 0.1) is 11.2 Å². The average molecular weight is 597 g/mol. The number of ether oxygens (including phenoxy) is 1. The summed E-state index contributed by atoms with van der Waals surface area (Å²) in [5.74, 6) is -1.70. The highest BCUT2D eigenvalue weighted by Gasteiger charge is 2.45. The number of nitrogens with zero attached hydrogens (tertiary/aromatic N) is 3. The fourth-order valence-electron chi connectivity index (χ4n) is 5.35. The molecule has 232 valence electrons. The molecule has 12 heteroatoms. The Bertz CT molecular complexity index is 1380. The van der Waals surface area contributed by atoms with Crippen LogP contribution < -0.4 is 16.4 Å². The molecule has 2 aromatic carbocycles. The number of anilines is 1. The van der Waals surface area contributed by atoms with Crippen molar-refractivity contribution in [1.82, 2.24) is 20.0 Å². The van der Waals surface area contributed by atoms with Gasteiger partial charge in [-0.15, -0.1) is 0 Å². The van der Waals surface area contributed by atoms with E-state index in [1.54, 1.807) is 36.4 Å². The molecule has 0 aromatic heterocycles. The van der Waals surface area contributed by atoms with Crippen molar-refractivity contribution in [2.75, 3.05) is 39.0 Å². The summed E-state index contributed by atoms with van der Waals surface area (Å²) in [7, 11) is 3.84. The lowest BCUT2D eigenvalue weighted by Gasteiger charge is -2.35. The molecule has 0 spiro atoms. The van der Waals surface area contributed by atoms with Gasteiger partial charge in [0, 0.05) is 42.9 Å². The SMILES string of the molecule is CN(C)CCNC(=O)c1cccc(NC(C(=O)N2CC(OC(=O)N3Cc4cccc(F)c4C3)CC2C(N)=O)C(C)(C)C)c1. The Morgan fingerprint density at radius 3 is 2.49 bits per heavy atom. The van der Waals surface area contributed by atoms with Gasteiger partial charge in [-0.2, -0.15) is 0 Å². The van der Waals surface area contributed by atoms with Crippen molar-refractivity contribution in [3.8, 4) is 0 Å². The molecule has 1 saturated heterocycles. The molecule has 0 saturated carbocycles. The predicted octanol–water partition coefficient (Wildman–Crippen LogP) is 2.55. The van der Waals surface area contributed by atoms with Crippen LogP contribution in [-0.2, 0) is 27.4 Å². The smallest absolute Gasteiger partial charge is 0.410 e. The number of fused-ring (bicyclic) bond motifs is 1. The molecular weight excluding hydrogens is 555 g/mol. The summed E-state index contributed by atoms with van der Waals surface area (Å²) < 4.78 is 19.9. The third-order valence-corrected chi connectivity index (χ3v) is 7.72. The third-order valence-electron chi connectivity index (χ3n) is 7.72. The van der Waals surface area contributed by atoms with Crippen molar-refractivity contribution in [1.29, 1.82) is 0 Å². The van der Waals surface area contributed by atoms with Crippen LogP contribution in [0.2, 0.25) is 0 Å². The first-order valence-corrected chi connectivity index (χ1v) is 14.4. The Morgan fingerprint density at radius 1 is 1.12 bits per heavy atom. The van der Waals surface area contributed by atoms with Gasteiger partial charge in [-0.1, -0.05) is 39.0 Å². The summed E-state index contributed by atoms with van der Waals surface area (Å²) in [6, 6.07) is 9.80. The maximum atomic E-state index is 14.2. The van der Waals surface area contributed by atoms with Crippen molar-refractivity contribution < 1.29 is 28.3 Å². The van der Waals surface area contributed by atoms with Crippen molar-refractivity contribution in [3.05, 3.63) is 65.0 Å². The number of likely N-dealkylation sites (tertiary alicyclic amines) is 1. The Morgan fingerprint density at radius 2 is 1.84 bits per heavy atom. The van der Waals surface area contributed by atoms with E-state index in [0.717, 1.165) is 0 Å². The summed E-state index contributed by atoms with van der Waals surface area (Å²) in [6.45, 7) is 7.12. The molecule has 11 nitrogen and oxygen atoms in total. The second-order valence-electron chi connectivity index (χ2n) is 12.5. The van der Waals surface area contributed by atoms with Crippen LogP contribution in [0.25, 0.3) is 0 Å². The summed E-state index contributed by atoms with van der Waals surface area (Å²) >= 11 is 0. The highest BCUT2D eigenvalue weighted by molar-refractivity contribution is 5.96. The van der Waals surface area contributed by atoms with Crippen LogP contribution in [0.5, 0.6) is 0 Å². The molecule has 2 heterocycles. The molecule has 3 atom stereocenters. The van der Waals surface area contributed by atoms with Gasteiger partial charge in [0.2, 0.25) is 11.8 Å². The molecule has 4 rings (SSSR count). The van der Waals surface area contributed by atoms with E-state index >= 15 is 0 Å². The number of primary amides is 1. The van der Waals surface area contributed by atoms with Crippen LogP contribution in [0.3, 0.4) is 0 Å². The molecular formula is C31H41FN6O5. The van der Waals surface area contributed by atoms with Gasteiger partial charge < -0.3 is 30.9 Å². The lowest BCUT2D eigenvalue weighted by molar-refractivity contribution is -0.139. The van der Waals surface area contributed by atoms with Crippen molar-refractivity contribution in [2.24, 2.45) is 11.1 Å². The van der Waals surface area contributed by atoms with Gasteiger partial charge in [0.25, 0.3) is 5.91 Å². The lowest BCUT2D eigenvalue weighted by Crippen LogP contribution is -2.53. The van der Waals surface area contributed by atoms with Crippen LogP contribution >= 0.6 is 0 Å². The first kappa shape index (κ1) is 31.7. The number of carbonyl (C=O) groups is 4.